The molecule has 2 rings (SSSR count). The lowest BCUT2D eigenvalue weighted by atomic mass is 10.0. The molecule has 1 N–H and O–H groups in total. The van der Waals surface area contributed by atoms with Gasteiger partial charge in [-0.05, 0) is 50.9 Å². The number of benzene rings is 1. The van der Waals surface area contributed by atoms with E-state index in [0.29, 0.717) is 6.04 Å². The number of hydrogen-bond acceptors (Lipinski definition) is 3. The number of likely N-dealkylation sites (tertiary alicyclic amines) is 1. The van der Waals surface area contributed by atoms with Crippen molar-refractivity contribution >= 4 is 0 Å². The highest BCUT2D eigenvalue weighted by molar-refractivity contribution is 5.14. The first-order chi connectivity index (χ1) is 9.88. The van der Waals surface area contributed by atoms with Gasteiger partial charge >= 0.3 is 0 Å². The smallest absolute Gasteiger partial charge is 0.0474 e. The standard InChI is InChI=1S/C17H28N2O/c1-20-15-5-11-18-17-9-13-19(14-10-17)12-8-16-6-3-2-4-7-16/h2-4,6-7,17-18H,5,8-15H2,1H3. The van der Waals surface area contributed by atoms with E-state index in [1.165, 1.54) is 44.5 Å². The molecular weight excluding hydrogens is 248 g/mol. The van der Waals surface area contributed by atoms with Crippen molar-refractivity contribution in [2.45, 2.75) is 31.7 Å². The summed E-state index contributed by atoms with van der Waals surface area (Å²) in [5.74, 6) is 0. The fourth-order valence-corrected chi connectivity index (χ4v) is 2.82. The van der Waals surface area contributed by atoms with Crippen molar-refractivity contribution in [1.29, 1.82) is 0 Å². The monoisotopic (exact) mass is 276 g/mol. The van der Waals surface area contributed by atoms with Crippen LogP contribution < -0.4 is 5.32 Å². The van der Waals surface area contributed by atoms with Gasteiger partial charge in [-0.2, -0.15) is 0 Å². The van der Waals surface area contributed by atoms with Gasteiger partial charge in [0, 0.05) is 26.3 Å². The lowest BCUT2D eigenvalue weighted by Gasteiger charge is -2.32. The maximum atomic E-state index is 5.07. The zero-order chi connectivity index (χ0) is 14.0. The minimum absolute atomic E-state index is 0.708. The molecule has 0 unspecified atom stereocenters. The molecule has 1 aliphatic heterocycles. The zero-order valence-corrected chi connectivity index (χ0v) is 12.7. The summed E-state index contributed by atoms with van der Waals surface area (Å²) in [6, 6.07) is 11.5. The van der Waals surface area contributed by atoms with Crippen molar-refractivity contribution in [3.8, 4) is 0 Å². The molecule has 1 aromatic carbocycles. The van der Waals surface area contributed by atoms with Gasteiger partial charge in [0.05, 0.1) is 0 Å². The van der Waals surface area contributed by atoms with Gasteiger partial charge in [0.15, 0.2) is 0 Å². The fourth-order valence-electron chi connectivity index (χ4n) is 2.82. The van der Waals surface area contributed by atoms with Gasteiger partial charge in [0.2, 0.25) is 0 Å². The second kappa shape index (κ2) is 9.11. The van der Waals surface area contributed by atoms with Crippen LogP contribution in [-0.4, -0.2) is 50.8 Å². The van der Waals surface area contributed by atoms with Gasteiger partial charge in [0.25, 0.3) is 0 Å². The van der Waals surface area contributed by atoms with Crippen LogP contribution in [0, 0.1) is 0 Å². The maximum absolute atomic E-state index is 5.07. The molecule has 0 atom stereocenters. The third-order valence-electron chi connectivity index (χ3n) is 4.11. The zero-order valence-electron chi connectivity index (χ0n) is 12.7. The SMILES string of the molecule is COCCCNC1CCN(CCc2ccccc2)CC1. The lowest BCUT2D eigenvalue weighted by Crippen LogP contribution is -2.43. The van der Waals surface area contributed by atoms with Gasteiger partial charge in [-0.25, -0.2) is 0 Å². The molecule has 1 aliphatic rings. The quantitative estimate of drug-likeness (QED) is 0.738. The Morgan fingerprint density at radius 2 is 1.95 bits per heavy atom. The molecule has 0 radical (unpaired) electrons. The molecular formula is C17H28N2O. The van der Waals surface area contributed by atoms with Gasteiger partial charge in [-0.1, -0.05) is 30.3 Å². The summed E-state index contributed by atoms with van der Waals surface area (Å²) in [6.07, 6.45) is 4.85. The van der Waals surface area contributed by atoms with Crippen LogP contribution in [-0.2, 0) is 11.2 Å². The van der Waals surface area contributed by atoms with Crippen LogP contribution in [0.5, 0.6) is 0 Å². The van der Waals surface area contributed by atoms with Crippen molar-refractivity contribution in [2.75, 3.05) is 39.9 Å². The number of rotatable bonds is 8. The van der Waals surface area contributed by atoms with Crippen LogP contribution in [0.1, 0.15) is 24.8 Å². The average molecular weight is 276 g/mol. The molecule has 0 amide bonds. The number of nitrogens with zero attached hydrogens (tertiary/aromatic N) is 1. The van der Waals surface area contributed by atoms with Crippen molar-refractivity contribution in [3.63, 3.8) is 0 Å². The van der Waals surface area contributed by atoms with E-state index in [0.717, 1.165) is 19.6 Å². The van der Waals surface area contributed by atoms with Crippen LogP contribution in [0.3, 0.4) is 0 Å². The highest BCUT2D eigenvalue weighted by Gasteiger charge is 2.17. The van der Waals surface area contributed by atoms with Crippen LogP contribution in [0.25, 0.3) is 0 Å². The van der Waals surface area contributed by atoms with E-state index in [2.05, 4.69) is 40.5 Å². The Kier molecular flexibility index (Phi) is 7.06. The number of ether oxygens (including phenoxy) is 1. The second-order valence-electron chi connectivity index (χ2n) is 5.65. The van der Waals surface area contributed by atoms with Gasteiger partial charge in [-0.15, -0.1) is 0 Å². The molecule has 1 fully saturated rings. The topological polar surface area (TPSA) is 24.5 Å². The Balaban J connectivity index is 1.57. The predicted octanol–water partition coefficient (Wildman–Crippen LogP) is 2.32. The molecule has 0 bridgehead atoms. The molecule has 0 spiro atoms. The molecule has 1 aromatic rings. The van der Waals surface area contributed by atoms with Crippen LogP contribution in [0.2, 0.25) is 0 Å². The number of piperidine rings is 1. The Bertz CT molecular complexity index is 347. The molecule has 1 saturated heterocycles. The van der Waals surface area contributed by atoms with Gasteiger partial charge in [0.1, 0.15) is 0 Å². The van der Waals surface area contributed by atoms with Crippen molar-refractivity contribution in [1.82, 2.24) is 10.2 Å². The molecule has 0 saturated carbocycles. The van der Waals surface area contributed by atoms with Crippen molar-refractivity contribution in [2.24, 2.45) is 0 Å². The van der Waals surface area contributed by atoms with Crippen LogP contribution in [0.4, 0.5) is 0 Å². The summed E-state index contributed by atoms with van der Waals surface area (Å²) in [5.41, 5.74) is 1.45. The van der Waals surface area contributed by atoms with E-state index in [4.69, 9.17) is 4.74 Å². The predicted molar refractivity (Wildman–Crippen MR) is 84.1 cm³/mol. The molecule has 0 aliphatic carbocycles. The van der Waals surface area contributed by atoms with Crippen molar-refractivity contribution < 1.29 is 4.74 Å². The van der Waals surface area contributed by atoms with Crippen molar-refractivity contribution in [3.05, 3.63) is 35.9 Å². The second-order valence-corrected chi connectivity index (χ2v) is 5.65. The van der Waals surface area contributed by atoms with E-state index in [-0.39, 0.29) is 0 Å². The van der Waals surface area contributed by atoms with Crippen LogP contribution in [0.15, 0.2) is 30.3 Å². The summed E-state index contributed by atoms with van der Waals surface area (Å²) in [7, 11) is 1.77. The first kappa shape index (κ1) is 15.5. The largest absolute Gasteiger partial charge is 0.385 e. The van der Waals surface area contributed by atoms with E-state index in [1.807, 2.05) is 0 Å². The Morgan fingerprint density at radius 1 is 1.20 bits per heavy atom. The van der Waals surface area contributed by atoms with E-state index < -0.39 is 0 Å². The fraction of sp³-hybridized carbons (Fsp3) is 0.647. The van der Waals surface area contributed by atoms with E-state index in [1.54, 1.807) is 7.11 Å². The molecule has 112 valence electrons. The normalized spacial score (nSPS) is 17.4. The summed E-state index contributed by atoms with van der Waals surface area (Å²) in [6.45, 7) is 5.61. The molecule has 3 heteroatoms. The first-order valence-corrected chi connectivity index (χ1v) is 7.87. The Morgan fingerprint density at radius 3 is 2.65 bits per heavy atom. The average Bonchev–Trinajstić information content (AvgIpc) is 2.52. The summed E-state index contributed by atoms with van der Waals surface area (Å²) >= 11 is 0. The Hall–Kier alpha value is -0.900. The molecule has 0 aromatic heterocycles. The molecule has 20 heavy (non-hydrogen) atoms. The number of hydrogen-bond donors (Lipinski definition) is 1. The van der Waals surface area contributed by atoms with Gasteiger partial charge in [-0.3, -0.25) is 0 Å². The number of nitrogens with one attached hydrogen (secondary N) is 1. The molecule has 1 heterocycles. The minimum Gasteiger partial charge on any atom is -0.385 e. The summed E-state index contributed by atoms with van der Waals surface area (Å²) in [4.78, 5) is 2.60. The minimum atomic E-state index is 0.708. The van der Waals surface area contributed by atoms with Gasteiger partial charge < -0.3 is 15.0 Å². The first-order valence-electron chi connectivity index (χ1n) is 7.87. The maximum Gasteiger partial charge on any atom is 0.0474 e. The highest BCUT2D eigenvalue weighted by Crippen LogP contribution is 2.11. The molecule has 3 nitrogen and oxygen atoms in total. The Labute approximate surface area is 123 Å². The van der Waals surface area contributed by atoms with E-state index in [9.17, 15) is 0 Å². The third kappa shape index (κ3) is 5.61. The summed E-state index contributed by atoms with van der Waals surface area (Å²) < 4.78 is 5.07. The van der Waals surface area contributed by atoms with E-state index >= 15 is 0 Å². The third-order valence-corrected chi connectivity index (χ3v) is 4.11. The van der Waals surface area contributed by atoms with Crippen LogP contribution >= 0.6 is 0 Å². The number of methoxy groups -OCH3 is 1. The lowest BCUT2D eigenvalue weighted by molar-refractivity contribution is 0.181. The highest BCUT2D eigenvalue weighted by atomic mass is 16.5. The summed E-state index contributed by atoms with van der Waals surface area (Å²) in [5, 5.41) is 3.64.